The van der Waals surface area contributed by atoms with Gasteiger partial charge in [0.1, 0.15) is 6.54 Å². The molecule has 1 aliphatic carbocycles. The molecule has 0 atom stereocenters. The first-order valence-electron chi connectivity index (χ1n) is 6.40. The Morgan fingerprint density at radius 1 is 1.24 bits per heavy atom. The van der Waals surface area contributed by atoms with Crippen LogP contribution in [0.5, 0.6) is 0 Å². The largest absolute Gasteiger partial charge is 0.480 e. The van der Waals surface area contributed by atoms with Crippen LogP contribution in [0.3, 0.4) is 0 Å². The molecule has 0 aromatic rings. The van der Waals surface area contributed by atoms with E-state index in [1.807, 2.05) is 20.8 Å². The van der Waals surface area contributed by atoms with Gasteiger partial charge in [0.15, 0.2) is 0 Å². The minimum atomic E-state index is -0.938. The van der Waals surface area contributed by atoms with Gasteiger partial charge >= 0.3 is 5.97 Å². The normalized spacial score (nSPS) is 19.1. The van der Waals surface area contributed by atoms with Crippen molar-refractivity contribution in [3.63, 3.8) is 0 Å². The second-order valence-electron chi connectivity index (χ2n) is 5.54. The molecule has 0 bridgehead atoms. The number of carbonyl (C=O) groups excluding carboxylic acids is 1. The molecule has 1 saturated carbocycles. The van der Waals surface area contributed by atoms with E-state index >= 15 is 0 Å². The molecule has 1 fully saturated rings. The summed E-state index contributed by atoms with van der Waals surface area (Å²) in [5.41, 5.74) is -0.349. The van der Waals surface area contributed by atoms with Crippen LogP contribution in [0.4, 0.5) is 0 Å². The Morgan fingerprint density at radius 2 is 1.76 bits per heavy atom. The van der Waals surface area contributed by atoms with Gasteiger partial charge in [0.05, 0.1) is 0 Å². The van der Waals surface area contributed by atoms with E-state index in [1.54, 1.807) is 0 Å². The summed E-state index contributed by atoms with van der Waals surface area (Å²) in [5, 5.41) is 8.87. The monoisotopic (exact) mass is 241 g/mol. The number of carboxylic acids is 1. The van der Waals surface area contributed by atoms with E-state index in [0.717, 1.165) is 25.7 Å². The van der Waals surface area contributed by atoms with Crippen LogP contribution >= 0.6 is 0 Å². The van der Waals surface area contributed by atoms with Gasteiger partial charge in [-0.25, -0.2) is 0 Å². The Labute approximate surface area is 103 Å². The standard InChI is InChI=1S/C13H23NO3/c1-10(2)14(9-11(15)16)12(17)13(3)7-5-4-6-8-13/h10H,4-9H2,1-3H3,(H,15,16). The molecule has 0 aliphatic heterocycles. The fourth-order valence-corrected chi connectivity index (χ4v) is 2.53. The smallest absolute Gasteiger partial charge is 0.323 e. The number of hydrogen-bond donors (Lipinski definition) is 1. The molecule has 1 amide bonds. The molecule has 0 aromatic heterocycles. The van der Waals surface area contributed by atoms with Crippen molar-refractivity contribution in [2.45, 2.75) is 58.9 Å². The Balaban J connectivity index is 2.79. The number of carbonyl (C=O) groups is 2. The molecule has 17 heavy (non-hydrogen) atoms. The topological polar surface area (TPSA) is 57.6 Å². The Morgan fingerprint density at radius 3 is 2.18 bits per heavy atom. The number of rotatable bonds is 4. The van der Waals surface area contributed by atoms with Crippen LogP contribution in [0.25, 0.3) is 0 Å². The molecule has 1 N–H and O–H groups in total. The minimum absolute atomic E-state index is 0.00889. The van der Waals surface area contributed by atoms with Gasteiger partial charge in [0, 0.05) is 11.5 Å². The second-order valence-corrected chi connectivity index (χ2v) is 5.54. The molecule has 0 spiro atoms. The molecule has 0 radical (unpaired) electrons. The van der Waals surface area contributed by atoms with Crippen molar-refractivity contribution >= 4 is 11.9 Å². The maximum atomic E-state index is 12.5. The van der Waals surface area contributed by atoms with E-state index in [9.17, 15) is 9.59 Å². The van der Waals surface area contributed by atoms with E-state index in [1.165, 1.54) is 11.3 Å². The fourth-order valence-electron chi connectivity index (χ4n) is 2.53. The van der Waals surface area contributed by atoms with Gasteiger partial charge in [0.25, 0.3) is 0 Å². The Kier molecular flexibility index (Phi) is 4.54. The maximum Gasteiger partial charge on any atom is 0.323 e. The van der Waals surface area contributed by atoms with Crippen molar-refractivity contribution < 1.29 is 14.7 Å². The summed E-state index contributed by atoms with van der Waals surface area (Å²) in [6.45, 7) is 5.53. The number of amides is 1. The van der Waals surface area contributed by atoms with Gasteiger partial charge < -0.3 is 10.0 Å². The third kappa shape index (κ3) is 3.45. The van der Waals surface area contributed by atoms with Gasteiger partial charge in [-0.2, -0.15) is 0 Å². The summed E-state index contributed by atoms with van der Waals surface area (Å²) in [5.74, 6) is -0.930. The molecule has 4 nitrogen and oxygen atoms in total. The first kappa shape index (κ1) is 14.0. The minimum Gasteiger partial charge on any atom is -0.480 e. The number of hydrogen-bond acceptors (Lipinski definition) is 2. The number of nitrogens with zero attached hydrogens (tertiary/aromatic N) is 1. The highest BCUT2D eigenvalue weighted by atomic mass is 16.4. The molecular formula is C13H23NO3. The summed E-state index contributed by atoms with van der Waals surface area (Å²) in [7, 11) is 0. The highest BCUT2D eigenvalue weighted by molar-refractivity contribution is 5.86. The molecule has 1 aliphatic rings. The molecule has 1 rings (SSSR count). The molecule has 0 heterocycles. The first-order valence-corrected chi connectivity index (χ1v) is 6.40. The van der Waals surface area contributed by atoms with E-state index in [4.69, 9.17) is 5.11 Å². The SMILES string of the molecule is CC(C)N(CC(=O)O)C(=O)C1(C)CCCCC1. The Bertz CT molecular complexity index is 293. The van der Waals surface area contributed by atoms with E-state index in [2.05, 4.69) is 0 Å². The zero-order valence-electron chi connectivity index (χ0n) is 11.0. The van der Waals surface area contributed by atoms with Crippen molar-refractivity contribution in [2.75, 3.05) is 6.54 Å². The van der Waals surface area contributed by atoms with Crippen LogP contribution in [0.1, 0.15) is 52.9 Å². The van der Waals surface area contributed by atoms with Crippen LogP contribution in [-0.4, -0.2) is 34.5 Å². The lowest BCUT2D eigenvalue weighted by Gasteiger charge is -2.38. The van der Waals surface area contributed by atoms with Crippen molar-refractivity contribution in [1.29, 1.82) is 0 Å². The fraction of sp³-hybridized carbons (Fsp3) is 0.846. The van der Waals surface area contributed by atoms with Crippen molar-refractivity contribution in [3.8, 4) is 0 Å². The summed E-state index contributed by atoms with van der Waals surface area (Å²) in [4.78, 5) is 24.8. The van der Waals surface area contributed by atoms with Crippen molar-refractivity contribution in [1.82, 2.24) is 4.90 Å². The zero-order chi connectivity index (χ0) is 13.1. The Hall–Kier alpha value is -1.06. The van der Waals surface area contributed by atoms with Crippen LogP contribution in [-0.2, 0) is 9.59 Å². The van der Waals surface area contributed by atoms with Gasteiger partial charge in [-0.05, 0) is 26.7 Å². The van der Waals surface area contributed by atoms with E-state index in [0.29, 0.717) is 0 Å². The highest BCUT2D eigenvalue weighted by Crippen LogP contribution is 2.37. The second kappa shape index (κ2) is 5.52. The third-order valence-electron chi connectivity index (χ3n) is 3.66. The zero-order valence-corrected chi connectivity index (χ0v) is 11.0. The van der Waals surface area contributed by atoms with Gasteiger partial charge in [0.2, 0.25) is 5.91 Å². The lowest BCUT2D eigenvalue weighted by Crippen LogP contribution is -2.48. The van der Waals surface area contributed by atoms with E-state index in [-0.39, 0.29) is 23.9 Å². The lowest BCUT2D eigenvalue weighted by atomic mass is 9.74. The van der Waals surface area contributed by atoms with Crippen LogP contribution in [0, 0.1) is 5.41 Å². The summed E-state index contributed by atoms with van der Waals surface area (Å²) in [6, 6.07) is -0.0580. The molecule has 0 saturated heterocycles. The average Bonchev–Trinajstić information content (AvgIpc) is 2.25. The van der Waals surface area contributed by atoms with E-state index < -0.39 is 5.97 Å². The van der Waals surface area contributed by atoms with Crippen molar-refractivity contribution in [2.24, 2.45) is 5.41 Å². The number of aliphatic carboxylic acids is 1. The molecule has 0 unspecified atom stereocenters. The molecule has 4 heteroatoms. The van der Waals surface area contributed by atoms with Crippen LogP contribution in [0.15, 0.2) is 0 Å². The average molecular weight is 241 g/mol. The predicted octanol–water partition coefficient (Wildman–Crippen LogP) is 2.28. The molecule has 0 aromatic carbocycles. The van der Waals surface area contributed by atoms with Gasteiger partial charge in [-0.3, -0.25) is 9.59 Å². The van der Waals surface area contributed by atoms with Crippen molar-refractivity contribution in [3.05, 3.63) is 0 Å². The quantitative estimate of drug-likeness (QED) is 0.821. The maximum absolute atomic E-state index is 12.5. The summed E-state index contributed by atoms with van der Waals surface area (Å²) >= 11 is 0. The van der Waals surface area contributed by atoms with Crippen LogP contribution in [0.2, 0.25) is 0 Å². The number of carboxylic acid groups (broad SMARTS) is 1. The van der Waals surface area contributed by atoms with Gasteiger partial charge in [-0.15, -0.1) is 0 Å². The van der Waals surface area contributed by atoms with Gasteiger partial charge in [-0.1, -0.05) is 26.2 Å². The molecular weight excluding hydrogens is 218 g/mol. The van der Waals surface area contributed by atoms with Crippen LogP contribution < -0.4 is 0 Å². The summed E-state index contributed by atoms with van der Waals surface area (Å²) in [6.07, 6.45) is 5.09. The third-order valence-corrected chi connectivity index (χ3v) is 3.66. The lowest BCUT2D eigenvalue weighted by molar-refractivity contribution is -0.152. The first-order chi connectivity index (χ1) is 7.87. The molecule has 98 valence electrons. The highest BCUT2D eigenvalue weighted by Gasteiger charge is 2.38. The summed E-state index contributed by atoms with van der Waals surface area (Å²) < 4.78 is 0. The predicted molar refractivity (Wildman–Crippen MR) is 65.7 cm³/mol.